The molecule has 0 radical (unpaired) electrons. The van der Waals surface area contributed by atoms with Crippen LogP contribution in [0, 0.1) is 11.8 Å². The number of hydrogen-bond acceptors (Lipinski definition) is 2. The van der Waals surface area contributed by atoms with Gasteiger partial charge in [-0.25, -0.2) is 0 Å². The first kappa shape index (κ1) is 11.5. The Bertz CT molecular complexity index is 334. The molecule has 2 heteroatoms. The molecular formula is C14H22N2. The molecule has 88 valence electrons. The zero-order valence-corrected chi connectivity index (χ0v) is 10.5. The van der Waals surface area contributed by atoms with Crippen molar-refractivity contribution in [3.8, 4) is 0 Å². The first-order valence-corrected chi connectivity index (χ1v) is 6.18. The van der Waals surface area contributed by atoms with Crippen molar-refractivity contribution in [2.45, 2.75) is 26.8 Å². The van der Waals surface area contributed by atoms with E-state index in [-0.39, 0.29) is 6.04 Å². The van der Waals surface area contributed by atoms with Crippen molar-refractivity contribution in [3.63, 3.8) is 0 Å². The fourth-order valence-corrected chi connectivity index (χ4v) is 2.13. The summed E-state index contributed by atoms with van der Waals surface area (Å²) in [5.41, 5.74) is 8.38. The van der Waals surface area contributed by atoms with Gasteiger partial charge < -0.3 is 10.6 Å². The molecule has 1 heterocycles. The van der Waals surface area contributed by atoms with E-state index in [1.165, 1.54) is 24.3 Å². The zero-order chi connectivity index (χ0) is 11.7. The van der Waals surface area contributed by atoms with Crippen molar-refractivity contribution >= 4 is 5.69 Å². The van der Waals surface area contributed by atoms with E-state index in [1.807, 2.05) is 6.92 Å². The molecule has 0 aliphatic carbocycles. The lowest BCUT2D eigenvalue weighted by molar-refractivity contribution is 0.310. The maximum Gasteiger partial charge on any atom is 0.0366 e. The molecular weight excluding hydrogens is 196 g/mol. The molecule has 1 unspecified atom stereocenters. The second-order valence-corrected chi connectivity index (χ2v) is 5.29. The van der Waals surface area contributed by atoms with Crippen LogP contribution in [0.1, 0.15) is 32.4 Å². The van der Waals surface area contributed by atoms with Gasteiger partial charge in [-0.15, -0.1) is 0 Å². The van der Waals surface area contributed by atoms with Gasteiger partial charge >= 0.3 is 0 Å². The normalized spacial score (nSPS) is 18.7. The number of rotatable bonds is 3. The van der Waals surface area contributed by atoms with E-state index < -0.39 is 0 Å². The molecule has 2 rings (SSSR count). The van der Waals surface area contributed by atoms with Crippen molar-refractivity contribution in [1.29, 1.82) is 0 Å². The molecule has 1 aromatic rings. The van der Waals surface area contributed by atoms with Crippen LogP contribution in [0.2, 0.25) is 0 Å². The number of nitrogens with zero attached hydrogens (tertiary/aromatic N) is 1. The van der Waals surface area contributed by atoms with Gasteiger partial charge in [0, 0.05) is 24.8 Å². The van der Waals surface area contributed by atoms with Gasteiger partial charge in [0.1, 0.15) is 0 Å². The Morgan fingerprint density at radius 3 is 2.12 bits per heavy atom. The van der Waals surface area contributed by atoms with Crippen LogP contribution in [0.3, 0.4) is 0 Å². The van der Waals surface area contributed by atoms with Crippen molar-refractivity contribution < 1.29 is 0 Å². The summed E-state index contributed by atoms with van der Waals surface area (Å²) in [6, 6.07) is 8.80. The number of benzene rings is 1. The Kier molecular flexibility index (Phi) is 3.20. The van der Waals surface area contributed by atoms with E-state index in [0.29, 0.717) is 0 Å². The number of anilines is 1. The molecule has 0 bridgehead atoms. The fraction of sp³-hybridized carbons (Fsp3) is 0.571. The van der Waals surface area contributed by atoms with Gasteiger partial charge in [-0.05, 0) is 36.5 Å². The minimum Gasteiger partial charge on any atom is -0.371 e. The summed E-state index contributed by atoms with van der Waals surface area (Å²) in [7, 11) is 0. The van der Waals surface area contributed by atoms with Gasteiger partial charge in [0.05, 0.1) is 0 Å². The highest BCUT2D eigenvalue weighted by Gasteiger charge is 2.28. The molecule has 0 saturated carbocycles. The summed E-state index contributed by atoms with van der Waals surface area (Å²) in [4.78, 5) is 2.44. The van der Waals surface area contributed by atoms with Gasteiger partial charge in [0.15, 0.2) is 0 Å². The summed E-state index contributed by atoms with van der Waals surface area (Å²) >= 11 is 0. The first-order chi connectivity index (χ1) is 7.58. The minimum atomic E-state index is 0.133. The van der Waals surface area contributed by atoms with E-state index in [4.69, 9.17) is 5.73 Å². The van der Waals surface area contributed by atoms with Gasteiger partial charge in [0.2, 0.25) is 0 Å². The second kappa shape index (κ2) is 4.46. The van der Waals surface area contributed by atoms with Crippen LogP contribution in [0.25, 0.3) is 0 Å². The minimum absolute atomic E-state index is 0.133. The van der Waals surface area contributed by atoms with Crippen LogP contribution in [0.15, 0.2) is 24.3 Å². The molecule has 0 aromatic heterocycles. The first-order valence-electron chi connectivity index (χ1n) is 6.18. The van der Waals surface area contributed by atoms with Gasteiger partial charge in [-0.3, -0.25) is 0 Å². The Morgan fingerprint density at radius 2 is 1.69 bits per heavy atom. The van der Waals surface area contributed by atoms with Crippen LogP contribution in [-0.2, 0) is 0 Å². The van der Waals surface area contributed by atoms with Crippen LogP contribution < -0.4 is 10.6 Å². The maximum atomic E-state index is 5.83. The van der Waals surface area contributed by atoms with Crippen LogP contribution in [0.4, 0.5) is 5.69 Å². The highest BCUT2D eigenvalue weighted by Crippen LogP contribution is 2.29. The van der Waals surface area contributed by atoms with E-state index in [1.54, 1.807) is 0 Å². The molecule has 1 saturated heterocycles. The Hall–Kier alpha value is -1.02. The van der Waals surface area contributed by atoms with Crippen molar-refractivity contribution in [3.05, 3.63) is 29.8 Å². The standard InChI is InChI=1S/C14H22N2/c1-10(2)13-8-16(9-13)14-6-4-12(5-7-14)11(3)15/h4-7,10-11,13H,8-9,15H2,1-3H3. The smallest absolute Gasteiger partial charge is 0.0366 e. The number of nitrogens with two attached hydrogens (primary N) is 1. The second-order valence-electron chi connectivity index (χ2n) is 5.29. The highest BCUT2D eigenvalue weighted by atomic mass is 15.2. The molecule has 0 spiro atoms. The SMILES string of the molecule is CC(N)c1ccc(N2CC(C(C)C)C2)cc1. The van der Waals surface area contributed by atoms with E-state index in [9.17, 15) is 0 Å². The topological polar surface area (TPSA) is 29.3 Å². The summed E-state index contributed by atoms with van der Waals surface area (Å²) in [5.74, 6) is 1.67. The third-order valence-electron chi connectivity index (χ3n) is 3.64. The molecule has 1 aliphatic heterocycles. The van der Waals surface area contributed by atoms with Crippen molar-refractivity contribution in [2.24, 2.45) is 17.6 Å². The summed E-state index contributed by atoms with van der Waals surface area (Å²) in [5, 5.41) is 0. The summed E-state index contributed by atoms with van der Waals surface area (Å²) in [6.45, 7) is 9.04. The lowest BCUT2D eigenvalue weighted by atomic mass is 9.88. The summed E-state index contributed by atoms with van der Waals surface area (Å²) < 4.78 is 0. The van der Waals surface area contributed by atoms with E-state index >= 15 is 0 Å². The van der Waals surface area contributed by atoms with Gasteiger partial charge in [0.25, 0.3) is 0 Å². The Labute approximate surface area is 98.4 Å². The van der Waals surface area contributed by atoms with Gasteiger partial charge in [-0.2, -0.15) is 0 Å². The van der Waals surface area contributed by atoms with E-state index in [0.717, 1.165) is 11.8 Å². The van der Waals surface area contributed by atoms with Crippen LogP contribution in [-0.4, -0.2) is 13.1 Å². The molecule has 1 aromatic carbocycles. The van der Waals surface area contributed by atoms with Crippen molar-refractivity contribution in [1.82, 2.24) is 0 Å². The van der Waals surface area contributed by atoms with Crippen LogP contribution in [0.5, 0.6) is 0 Å². The average molecular weight is 218 g/mol. The third-order valence-corrected chi connectivity index (χ3v) is 3.64. The van der Waals surface area contributed by atoms with Crippen LogP contribution >= 0.6 is 0 Å². The molecule has 16 heavy (non-hydrogen) atoms. The quantitative estimate of drug-likeness (QED) is 0.845. The molecule has 0 amide bonds. The van der Waals surface area contributed by atoms with Gasteiger partial charge in [-0.1, -0.05) is 26.0 Å². The molecule has 1 aliphatic rings. The molecule has 2 nitrogen and oxygen atoms in total. The zero-order valence-electron chi connectivity index (χ0n) is 10.5. The van der Waals surface area contributed by atoms with Crippen molar-refractivity contribution in [2.75, 3.05) is 18.0 Å². The predicted molar refractivity (Wildman–Crippen MR) is 69.6 cm³/mol. The monoisotopic (exact) mass is 218 g/mol. The third kappa shape index (κ3) is 2.22. The lowest BCUT2D eigenvalue weighted by Crippen LogP contribution is -2.49. The largest absolute Gasteiger partial charge is 0.371 e. The predicted octanol–water partition coefficient (Wildman–Crippen LogP) is 2.80. The molecule has 1 fully saturated rings. The Morgan fingerprint density at radius 1 is 1.12 bits per heavy atom. The summed E-state index contributed by atoms with van der Waals surface area (Å²) in [6.07, 6.45) is 0. The Balaban J connectivity index is 1.97. The lowest BCUT2D eigenvalue weighted by Gasteiger charge is -2.43. The fourth-order valence-electron chi connectivity index (χ4n) is 2.13. The average Bonchev–Trinajstić information content (AvgIpc) is 2.15. The molecule has 2 N–H and O–H groups in total. The number of hydrogen-bond donors (Lipinski definition) is 1. The maximum absolute atomic E-state index is 5.83. The molecule has 1 atom stereocenters. The highest BCUT2D eigenvalue weighted by molar-refractivity contribution is 5.50. The van der Waals surface area contributed by atoms with E-state index in [2.05, 4.69) is 43.0 Å².